The van der Waals surface area contributed by atoms with Crippen LogP contribution < -0.4 is 11.1 Å². The summed E-state index contributed by atoms with van der Waals surface area (Å²) in [6, 6.07) is 10.4. The molecular weight excluding hydrogens is 319 g/mol. The van der Waals surface area contributed by atoms with Gasteiger partial charge in [-0.2, -0.15) is 0 Å². The Balaban J connectivity index is 0.00000220. The molecule has 1 aliphatic rings. The minimum Gasteiger partial charge on any atom is -0.390 e. The van der Waals surface area contributed by atoms with Crippen molar-refractivity contribution in [3.05, 3.63) is 35.9 Å². The molecule has 1 aromatic rings. The van der Waals surface area contributed by atoms with E-state index in [1.165, 1.54) is 24.8 Å². The topological polar surface area (TPSA) is 58.3 Å². The smallest absolute Gasteiger partial charge is 0.0818 e. The second-order valence-corrected chi connectivity index (χ2v) is 6.93. The molecule has 128 valence electrons. The number of halogens is 2. The third-order valence-electron chi connectivity index (χ3n) is 4.39. The molecule has 0 aliphatic heterocycles. The molecule has 5 heteroatoms. The fraction of sp³-hybridized carbons (Fsp3) is 0.647. The molecule has 3 nitrogen and oxygen atoms in total. The maximum absolute atomic E-state index is 10.2. The molecule has 0 saturated heterocycles. The molecule has 0 radical (unpaired) electrons. The van der Waals surface area contributed by atoms with Crippen molar-refractivity contribution in [2.75, 3.05) is 6.54 Å². The summed E-state index contributed by atoms with van der Waals surface area (Å²) in [5.74, 6) is 0. The van der Waals surface area contributed by atoms with Crippen LogP contribution >= 0.6 is 24.8 Å². The maximum atomic E-state index is 10.2. The van der Waals surface area contributed by atoms with Gasteiger partial charge in [0.2, 0.25) is 0 Å². The van der Waals surface area contributed by atoms with Crippen molar-refractivity contribution in [1.29, 1.82) is 0 Å². The van der Waals surface area contributed by atoms with Gasteiger partial charge in [0.25, 0.3) is 0 Å². The Morgan fingerprint density at radius 1 is 1.27 bits per heavy atom. The highest BCUT2D eigenvalue weighted by molar-refractivity contribution is 5.85. The molecule has 1 aliphatic carbocycles. The standard InChI is InChI=1S/C17H28N2O.2ClH/c1-17(2)9-8-14(11-17)19-12-16(20)15(18)10-13-6-4-3-5-7-13;;/h3-7,14-16,19-20H,8-12,18H2,1-2H3;2*1H/t14?,15-,16+;;/m0../s1. The van der Waals surface area contributed by atoms with Gasteiger partial charge in [-0.15, -0.1) is 24.8 Å². The minimum atomic E-state index is -0.487. The predicted octanol–water partition coefficient (Wildman–Crippen LogP) is 2.93. The number of hydrogen-bond donors (Lipinski definition) is 3. The van der Waals surface area contributed by atoms with Crippen LogP contribution in [-0.2, 0) is 6.42 Å². The van der Waals surface area contributed by atoms with Crippen LogP contribution in [-0.4, -0.2) is 29.8 Å². The third kappa shape index (κ3) is 6.84. The summed E-state index contributed by atoms with van der Waals surface area (Å²) in [5.41, 5.74) is 7.72. The summed E-state index contributed by atoms with van der Waals surface area (Å²) < 4.78 is 0. The second-order valence-electron chi connectivity index (χ2n) is 6.93. The summed E-state index contributed by atoms with van der Waals surface area (Å²) in [7, 11) is 0. The van der Waals surface area contributed by atoms with Gasteiger partial charge in [-0.1, -0.05) is 44.2 Å². The second kappa shape index (κ2) is 9.74. The van der Waals surface area contributed by atoms with Crippen LogP contribution in [0.3, 0.4) is 0 Å². The van der Waals surface area contributed by atoms with E-state index < -0.39 is 6.10 Å². The lowest BCUT2D eigenvalue weighted by molar-refractivity contribution is 0.137. The minimum absolute atomic E-state index is 0. The normalized spacial score (nSPS) is 22.3. The van der Waals surface area contributed by atoms with E-state index in [9.17, 15) is 5.11 Å². The molecule has 0 amide bonds. The van der Waals surface area contributed by atoms with E-state index >= 15 is 0 Å². The van der Waals surface area contributed by atoms with Crippen LogP contribution in [0.4, 0.5) is 0 Å². The predicted molar refractivity (Wildman–Crippen MR) is 98.0 cm³/mol. The zero-order valence-corrected chi connectivity index (χ0v) is 15.1. The molecule has 0 spiro atoms. The van der Waals surface area contributed by atoms with Gasteiger partial charge >= 0.3 is 0 Å². The number of aliphatic hydroxyl groups excluding tert-OH is 1. The van der Waals surface area contributed by atoms with Gasteiger partial charge in [0.1, 0.15) is 0 Å². The van der Waals surface area contributed by atoms with Crippen LogP contribution in [0.1, 0.15) is 38.7 Å². The van der Waals surface area contributed by atoms with Crippen LogP contribution in [0, 0.1) is 5.41 Å². The molecule has 22 heavy (non-hydrogen) atoms. The lowest BCUT2D eigenvalue weighted by atomic mass is 9.92. The summed E-state index contributed by atoms with van der Waals surface area (Å²) in [6.45, 7) is 5.22. The summed E-state index contributed by atoms with van der Waals surface area (Å²) in [4.78, 5) is 0. The first kappa shape index (κ1) is 21.7. The average molecular weight is 349 g/mol. The molecule has 1 aromatic carbocycles. The van der Waals surface area contributed by atoms with Crippen LogP contribution in [0.2, 0.25) is 0 Å². The summed E-state index contributed by atoms with van der Waals surface area (Å²) in [5, 5.41) is 13.7. The van der Waals surface area contributed by atoms with Crippen molar-refractivity contribution < 1.29 is 5.11 Å². The van der Waals surface area contributed by atoms with E-state index in [1.807, 2.05) is 18.2 Å². The number of hydrogen-bond acceptors (Lipinski definition) is 3. The molecule has 1 fully saturated rings. The monoisotopic (exact) mass is 348 g/mol. The maximum Gasteiger partial charge on any atom is 0.0818 e. The van der Waals surface area contributed by atoms with Crippen LogP contribution in [0.25, 0.3) is 0 Å². The zero-order chi connectivity index (χ0) is 14.6. The SMILES string of the molecule is CC1(C)CCC(NC[C@@H](O)[C@@H](N)Cc2ccccc2)C1.Cl.Cl. The van der Waals surface area contributed by atoms with Gasteiger partial charge in [0.05, 0.1) is 6.10 Å². The van der Waals surface area contributed by atoms with Crippen molar-refractivity contribution in [3.8, 4) is 0 Å². The summed E-state index contributed by atoms with van der Waals surface area (Å²) in [6.07, 6.45) is 3.89. The molecule has 0 bridgehead atoms. The van der Waals surface area contributed by atoms with Crippen molar-refractivity contribution in [2.24, 2.45) is 11.1 Å². The molecular formula is C17H30Cl2N2O. The molecule has 0 aromatic heterocycles. The number of nitrogens with one attached hydrogen (secondary N) is 1. The molecule has 2 rings (SSSR count). The molecule has 4 N–H and O–H groups in total. The third-order valence-corrected chi connectivity index (χ3v) is 4.39. The van der Waals surface area contributed by atoms with Gasteiger partial charge in [-0.05, 0) is 36.7 Å². The Hall–Kier alpha value is -0.320. The lowest BCUT2D eigenvalue weighted by Gasteiger charge is -2.22. The van der Waals surface area contributed by atoms with Gasteiger partial charge in [0.15, 0.2) is 0 Å². The Morgan fingerprint density at radius 3 is 2.45 bits per heavy atom. The van der Waals surface area contributed by atoms with E-state index in [1.54, 1.807) is 0 Å². The lowest BCUT2D eigenvalue weighted by Crippen LogP contribution is -2.45. The Labute approximate surface area is 146 Å². The fourth-order valence-corrected chi connectivity index (χ4v) is 3.07. The van der Waals surface area contributed by atoms with E-state index in [4.69, 9.17) is 5.73 Å². The summed E-state index contributed by atoms with van der Waals surface area (Å²) >= 11 is 0. The van der Waals surface area contributed by atoms with Crippen LogP contribution in [0.5, 0.6) is 0 Å². The number of aliphatic hydroxyl groups is 1. The van der Waals surface area contributed by atoms with Crippen molar-refractivity contribution in [3.63, 3.8) is 0 Å². The van der Waals surface area contributed by atoms with Gasteiger partial charge < -0.3 is 16.2 Å². The van der Waals surface area contributed by atoms with Gasteiger partial charge in [-0.3, -0.25) is 0 Å². The Bertz CT molecular complexity index is 414. The van der Waals surface area contributed by atoms with E-state index in [2.05, 4.69) is 31.3 Å². The van der Waals surface area contributed by atoms with E-state index in [0.717, 1.165) is 6.42 Å². The number of rotatable bonds is 6. The van der Waals surface area contributed by atoms with Gasteiger partial charge in [-0.25, -0.2) is 0 Å². The number of benzene rings is 1. The quantitative estimate of drug-likeness (QED) is 0.740. The highest BCUT2D eigenvalue weighted by atomic mass is 35.5. The van der Waals surface area contributed by atoms with Crippen molar-refractivity contribution in [2.45, 2.75) is 57.7 Å². The zero-order valence-electron chi connectivity index (χ0n) is 13.5. The highest BCUT2D eigenvalue weighted by Gasteiger charge is 2.31. The van der Waals surface area contributed by atoms with E-state index in [-0.39, 0.29) is 30.9 Å². The first-order chi connectivity index (χ1) is 9.46. The average Bonchev–Trinajstić information content (AvgIpc) is 2.76. The van der Waals surface area contributed by atoms with Crippen LogP contribution in [0.15, 0.2) is 30.3 Å². The molecule has 1 unspecified atom stereocenters. The Morgan fingerprint density at radius 2 is 1.91 bits per heavy atom. The first-order valence-corrected chi connectivity index (χ1v) is 7.67. The van der Waals surface area contributed by atoms with E-state index in [0.29, 0.717) is 18.0 Å². The Kier molecular flexibility index (Phi) is 9.60. The molecule has 1 saturated carbocycles. The largest absolute Gasteiger partial charge is 0.390 e. The fourth-order valence-electron chi connectivity index (χ4n) is 3.07. The van der Waals surface area contributed by atoms with Gasteiger partial charge in [0, 0.05) is 18.6 Å². The van der Waals surface area contributed by atoms with Crippen molar-refractivity contribution in [1.82, 2.24) is 5.32 Å². The highest BCUT2D eigenvalue weighted by Crippen LogP contribution is 2.36. The first-order valence-electron chi connectivity index (χ1n) is 7.67. The molecule has 0 heterocycles. The number of nitrogens with two attached hydrogens (primary N) is 1. The van der Waals surface area contributed by atoms with Crippen molar-refractivity contribution >= 4 is 24.8 Å². The molecule has 3 atom stereocenters.